The molecule has 4 heterocycles. The van der Waals surface area contributed by atoms with E-state index in [1.807, 2.05) is 42.5 Å². The molecule has 9 aromatic rings. The van der Waals surface area contributed by atoms with E-state index < -0.39 is 6.85 Å². The number of furan rings is 1. The molecule has 0 aliphatic carbocycles. The van der Waals surface area contributed by atoms with Crippen LogP contribution in [0.4, 0.5) is 0 Å². The number of benzene rings is 5. The van der Waals surface area contributed by atoms with Crippen molar-refractivity contribution in [2.75, 3.05) is 0 Å². The predicted octanol–water partition coefficient (Wildman–Crippen LogP) is 11.5. The van der Waals surface area contributed by atoms with E-state index in [1.54, 1.807) is 35.8 Å². The Morgan fingerprint density at radius 1 is 0.755 bits per heavy atom. The van der Waals surface area contributed by atoms with Gasteiger partial charge in [-0.2, -0.15) is 0 Å². The van der Waals surface area contributed by atoms with Crippen molar-refractivity contribution in [1.82, 2.24) is 14.5 Å². The number of aromatic nitrogens is 3. The molecule has 0 spiro atoms. The van der Waals surface area contributed by atoms with Crippen molar-refractivity contribution in [3.63, 3.8) is 0 Å². The third-order valence-corrected chi connectivity index (χ3v) is 8.97. The Morgan fingerprint density at radius 3 is 2.31 bits per heavy atom. The minimum Gasteiger partial charge on any atom is -0.464 e. The Labute approximate surface area is 306 Å². The van der Waals surface area contributed by atoms with Crippen molar-refractivity contribution in [2.24, 2.45) is 0 Å². The van der Waals surface area contributed by atoms with Crippen molar-refractivity contribution in [1.29, 1.82) is 0 Å². The molecule has 0 aliphatic heterocycles. The van der Waals surface area contributed by atoms with Gasteiger partial charge in [0.15, 0.2) is 0 Å². The molecule has 6 heteroatoms. The van der Waals surface area contributed by atoms with Gasteiger partial charge in [-0.05, 0) is 65.6 Å². The number of fused-ring (bicyclic) bond motifs is 2. The number of nitrogens with zero attached hydrogens (tertiary/aromatic N) is 3. The molecule has 4 aromatic heterocycles. The molecule has 239 valence electrons. The fraction of sp³-hybridized carbons (Fsp3) is 0.0233. The second-order valence-electron chi connectivity index (χ2n) is 11.1. The topological polar surface area (TPSA) is 43.9 Å². The second kappa shape index (κ2) is 14.4. The average molecular weight is 831 g/mol. The monoisotopic (exact) mass is 831 g/mol. The van der Waals surface area contributed by atoms with E-state index in [0.717, 1.165) is 56.1 Å². The number of hydrogen-bond acceptors (Lipinski definition) is 4. The average Bonchev–Trinajstić information content (AvgIpc) is 3.95. The summed E-state index contributed by atoms with van der Waals surface area (Å²) in [6, 6.07) is 51.5. The van der Waals surface area contributed by atoms with Crippen LogP contribution in [0.25, 0.3) is 71.9 Å². The van der Waals surface area contributed by atoms with Crippen molar-refractivity contribution < 1.29 is 28.6 Å². The molecule has 0 atom stereocenters. The standard InChI is InChI=1S/C31H19N2OS.C12H10N.Ir/c1-2-7-21(8-3-1)22-12-15-24(16-13-22)33-28-10-5-4-9-27(28)32-31(33)26-20-35-30-17-14-23(19-25(26)30)29-11-6-18-34-29;1-10-7-8-12(13-9-10)11-5-3-2-4-6-11;/h1-19H;2-5,7-9H,1H3;/q2*-1;/i;1D3;. The zero-order chi connectivity index (χ0) is 34.8. The molecule has 5 aromatic carbocycles. The third-order valence-electron chi connectivity index (χ3n) is 8.08. The molecular weight excluding hydrogens is 799 g/mol. The summed E-state index contributed by atoms with van der Waals surface area (Å²) in [5.74, 6) is 1.75. The number of hydrogen-bond donors (Lipinski definition) is 0. The molecule has 0 aliphatic rings. The minimum absolute atomic E-state index is 0. The van der Waals surface area contributed by atoms with Gasteiger partial charge in [-0.25, -0.2) is 0 Å². The minimum atomic E-state index is -2.09. The summed E-state index contributed by atoms with van der Waals surface area (Å²) in [4.78, 5) is 9.19. The van der Waals surface area contributed by atoms with Gasteiger partial charge in [0, 0.05) is 41.7 Å². The fourth-order valence-electron chi connectivity index (χ4n) is 5.73. The summed E-state index contributed by atoms with van der Waals surface area (Å²) in [6.45, 7) is -2.09. The summed E-state index contributed by atoms with van der Waals surface area (Å²) in [5, 5.41) is 4.66. The van der Waals surface area contributed by atoms with Gasteiger partial charge < -0.3 is 14.0 Å². The van der Waals surface area contributed by atoms with Gasteiger partial charge >= 0.3 is 0 Å². The summed E-state index contributed by atoms with van der Waals surface area (Å²) < 4.78 is 30.8. The Kier molecular flexibility index (Phi) is 8.40. The van der Waals surface area contributed by atoms with Crippen LogP contribution in [0, 0.1) is 18.3 Å². The number of thiophene rings is 1. The van der Waals surface area contributed by atoms with Gasteiger partial charge in [0.25, 0.3) is 0 Å². The Bertz CT molecular complexity index is 2550. The van der Waals surface area contributed by atoms with Crippen molar-refractivity contribution in [3.8, 4) is 50.8 Å². The number of para-hydroxylation sites is 2. The Hall–Kier alpha value is -5.39. The second-order valence-corrected chi connectivity index (χ2v) is 12.0. The van der Waals surface area contributed by atoms with Crippen molar-refractivity contribution >= 4 is 32.5 Å². The summed E-state index contributed by atoms with van der Waals surface area (Å²) >= 11 is 1.62. The SMILES string of the molecule is [2H]C([2H])([2H])c1ccc(-c2[c-]cccc2)nc1.[Ir].[c-]1sc2ccc(-c3ccco3)cc2c1-c1nc2ccccc2n1-c1ccc(-c2ccccc2)cc1. The normalized spacial score (nSPS) is 12.0. The number of aryl methyl sites for hydroxylation is 1. The van der Waals surface area contributed by atoms with Gasteiger partial charge in [-0.1, -0.05) is 101 Å². The van der Waals surface area contributed by atoms with Crippen LogP contribution < -0.4 is 0 Å². The molecule has 9 rings (SSSR count). The maximum absolute atomic E-state index is 7.23. The van der Waals surface area contributed by atoms with Crippen molar-refractivity contribution in [2.45, 2.75) is 6.85 Å². The maximum Gasteiger partial charge on any atom is 0.133 e. The van der Waals surface area contributed by atoms with Crippen LogP contribution in [-0.4, -0.2) is 14.5 Å². The van der Waals surface area contributed by atoms with Gasteiger partial charge in [-0.3, -0.25) is 16.3 Å². The first-order chi connectivity index (χ1) is 24.9. The van der Waals surface area contributed by atoms with Crippen molar-refractivity contribution in [3.05, 3.63) is 175 Å². The first kappa shape index (κ1) is 28.6. The van der Waals surface area contributed by atoms with E-state index in [1.165, 1.54) is 22.0 Å². The molecule has 4 nitrogen and oxygen atoms in total. The zero-order valence-electron chi connectivity index (χ0n) is 29.0. The third kappa shape index (κ3) is 6.67. The molecule has 0 saturated heterocycles. The van der Waals surface area contributed by atoms with Crippen LogP contribution >= 0.6 is 11.3 Å². The van der Waals surface area contributed by atoms with E-state index in [0.29, 0.717) is 0 Å². The first-order valence-corrected chi connectivity index (χ1v) is 16.3. The summed E-state index contributed by atoms with van der Waals surface area (Å²) in [6.07, 6.45) is 3.10. The van der Waals surface area contributed by atoms with Crippen LogP contribution in [0.3, 0.4) is 0 Å². The van der Waals surface area contributed by atoms with E-state index >= 15 is 0 Å². The largest absolute Gasteiger partial charge is 0.464 e. The number of imidazole rings is 1. The quantitative estimate of drug-likeness (QED) is 0.162. The van der Waals surface area contributed by atoms with Crippen LogP contribution in [0.1, 0.15) is 9.68 Å². The summed E-state index contributed by atoms with van der Waals surface area (Å²) in [5.41, 5.74) is 9.40. The molecule has 0 unspecified atom stereocenters. The van der Waals surface area contributed by atoms with Crippen LogP contribution in [0.15, 0.2) is 162 Å². The fourth-order valence-corrected chi connectivity index (χ4v) is 6.55. The predicted molar refractivity (Wildman–Crippen MR) is 197 cm³/mol. The van der Waals surface area contributed by atoms with Crippen LogP contribution in [0.2, 0.25) is 0 Å². The van der Waals surface area contributed by atoms with Gasteiger partial charge in [0.1, 0.15) is 5.76 Å². The maximum atomic E-state index is 7.23. The first-order valence-electron chi connectivity index (χ1n) is 17.0. The smallest absolute Gasteiger partial charge is 0.133 e. The van der Waals surface area contributed by atoms with E-state index in [2.05, 4.69) is 106 Å². The molecule has 49 heavy (non-hydrogen) atoms. The molecule has 0 saturated carbocycles. The van der Waals surface area contributed by atoms with E-state index in [4.69, 9.17) is 13.5 Å². The summed E-state index contributed by atoms with van der Waals surface area (Å²) in [7, 11) is 0. The van der Waals surface area contributed by atoms with E-state index in [-0.39, 0.29) is 25.7 Å². The molecule has 0 amide bonds. The van der Waals surface area contributed by atoms with Gasteiger partial charge in [0.2, 0.25) is 0 Å². The molecule has 1 radical (unpaired) electrons. The number of rotatable bonds is 5. The molecule has 0 N–H and O–H groups in total. The number of pyridine rings is 1. The Morgan fingerprint density at radius 2 is 1.55 bits per heavy atom. The van der Waals surface area contributed by atoms with Gasteiger partial charge in [-0.15, -0.1) is 41.3 Å². The van der Waals surface area contributed by atoms with E-state index in [9.17, 15) is 0 Å². The zero-order valence-corrected chi connectivity index (χ0v) is 29.2. The Balaban J connectivity index is 0.000000209. The molecule has 0 bridgehead atoms. The van der Waals surface area contributed by atoms with Gasteiger partial charge in [0.05, 0.1) is 23.1 Å². The molecular formula is C43H29IrN3OS-2. The van der Waals surface area contributed by atoms with Crippen LogP contribution in [-0.2, 0) is 20.1 Å². The van der Waals surface area contributed by atoms with Crippen LogP contribution in [0.5, 0.6) is 0 Å². The molecule has 0 fully saturated rings.